The fourth-order valence-corrected chi connectivity index (χ4v) is 2.14. The number of aryl methyl sites for hydroxylation is 1. The van der Waals surface area contributed by atoms with Gasteiger partial charge in [0.15, 0.2) is 0 Å². The molecule has 0 aromatic heterocycles. The Bertz CT molecular complexity index is 358. The Morgan fingerprint density at radius 1 is 1.44 bits per heavy atom. The van der Waals surface area contributed by atoms with Crippen LogP contribution in [0.5, 0.6) is 0 Å². The number of nitrogens with one attached hydrogen (secondary N) is 1. The highest BCUT2D eigenvalue weighted by atomic mass is 19.1. The van der Waals surface area contributed by atoms with E-state index in [1.165, 1.54) is 18.4 Å². The molecule has 2 rings (SSSR count). The van der Waals surface area contributed by atoms with E-state index in [0.29, 0.717) is 5.92 Å². The van der Waals surface area contributed by atoms with E-state index in [-0.39, 0.29) is 5.82 Å². The fraction of sp³-hybridized carbons (Fsp3) is 0.571. The van der Waals surface area contributed by atoms with Crippen molar-refractivity contribution in [3.05, 3.63) is 35.1 Å². The largest absolute Gasteiger partial charge is 0.314 e. The highest BCUT2D eigenvalue weighted by Gasteiger charge is 2.20. The Kier molecular flexibility index (Phi) is 3.59. The maximum atomic E-state index is 13.0. The SMILES string of the molecule is Cc1cc(F)ccc1C(C)CCNC1CC1. The van der Waals surface area contributed by atoms with E-state index >= 15 is 0 Å². The molecule has 1 atom stereocenters. The van der Waals surface area contributed by atoms with Crippen molar-refractivity contribution in [2.45, 2.75) is 45.1 Å². The summed E-state index contributed by atoms with van der Waals surface area (Å²) >= 11 is 0. The number of halogens is 1. The molecule has 0 aliphatic heterocycles. The third-order valence-corrected chi connectivity index (χ3v) is 3.35. The Labute approximate surface area is 97.1 Å². The first kappa shape index (κ1) is 11.6. The predicted molar refractivity (Wildman–Crippen MR) is 65.2 cm³/mol. The zero-order valence-electron chi connectivity index (χ0n) is 10.1. The van der Waals surface area contributed by atoms with Crippen LogP contribution in [0.3, 0.4) is 0 Å². The van der Waals surface area contributed by atoms with Crippen LogP contribution < -0.4 is 5.32 Å². The summed E-state index contributed by atoms with van der Waals surface area (Å²) in [5, 5.41) is 3.51. The lowest BCUT2D eigenvalue weighted by Crippen LogP contribution is -2.19. The van der Waals surface area contributed by atoms with Gasteiger partial charge in [-0.3, -0.25) is 0 Å². The van der Waals surface area contributed by atoms with Crippen LogP contribution in [0.25, 0.3) is 0 Å². The van der Waals surface area contributed by atoms with Crippen molar-refractivity contribution in [2.24, 2.45) is 0 Å². The summed E-state index contributed by atoms with van der Waals surface area (Å²) in [6.45, 7) is 5.28. The molecule has 1 unspecified atom stereocenters. The Morgan fingerprint density at radius 2 is 2.19 bits per heavy atom. The van der Waals surface area contributed by atoms with Crippen molar-refractivity contribution in [1.82, 2.24) is 5.32 Å². The van der Waals surface area contributed by atoms with Gasteiger partial charge in [0.1, 0.15) is 5.82 Å². The van der Waals surface area contributed by atoms with Crippen LogP contribution in [0.2, 0.25) is 0 Å². The van der Waals surface area contributed by atoms with Crippen LogP contribution in [0.1, 0.15) is 43.2 Å². The van der Waals surface area contributed by atoms with Crippen LogP contribution in [0.15, 0.2) is 18.2 Å². The van der Waals surface area contributed by atoms with Gasteiger partial charge in [0.05, 0.1) is 0 Å². The molecule has 1 aromatic carbocycles. The minimum absolute atomic E-state index is 0.135. The van der Waals surface area contributed by atoms with Crippen LogP contribution in [0.4, 0.5) is 4.39 Å². The minimum atomic E-state index is -0.135. The molecule has 1 aliphatic rings. The molecule has 1 aliphatic carbocycles. The van der Waals surface area contributed by atoms with E-state index in [0.717, 1.165) is 24.6 Å². The van der Waals surface area contributed by atoms with E-state index in [1.807, 2.05) is 13.0 Å². The highest BCUT2D eigenvalue weighted by molar-refractivity contribution is 5.29. The molecule has 0 saturated heterocycles. The Hall–Kier alpha value is -0.890. The number of benzene rings is 1. The van der Waals surface area contributed by atoms with Gasteiger partial charge in [-0.15, -0.1) is 0 Å². The van der Waals surface area contributed by atoms with Crippen LogP contribution in [0, 0.1) is 12.7 Å². The average Bonchev–Trinajstić information content (AvgIpc) is 3.01. The normalized spacial score (nSPS) is 17.4. The van der Waals surface area contributed by atoms with Crippen LogP contribution >= 0.6 is 0 Å². The molecule has 1 fully saturated rings. The van der Waals surface area contributed by atoms with Gasteiger partial charge < -0.3 is 5.32 Å². The third-order valence-electron chi connectivity index (χ3n) is 3.35. The van der Waals surface area contributed by atoms with Crippen molar-refractivity contribution >= 4 is 0 Å². The fourth-order valence-electron chi connectivity index (χ4n) is 2.14. The van der Waals surface area contributed by atoms with E-state index < -0.39 is 0 Å². The Balaban J connectivity index is 1.88. The summed E-state index contributed by atoms with van der Waals surface area (Å²) in [5.74, 6) is 0.372. The summed E-state index contributed by atoms with van der Waals surface area (Å²) in [6, 6.07) is 5.89. The molecule has 88 valence electrons. The van der Waals surface area contributed by atoms with E-state index in [9.17, 15) is 4.39 Å². The predicted octanol–water partition coefficient (Wildman–Crippen LogP) is 3.38. The Morgan fingerprint density at radius 3 is 2.81 bits per heavy atom. The average molecular weight is 221 g/mol. The molecule has 0 amide bonds. The van der Waals surface area contributed by atoms with Crippen molar-refractivity contribution in [2.75, 3.05) is 6.54 Å². The summed E-state index contributed by atoms with van der Waals surface area (Å²) in [5.41, 5.74) is 2.35. The molecular weight excluding hydrogens is 201 g/mol. The smallest absolute Gasteiger partial charge is 0.123 e. The van der Waals surface area contributed by atoms with Gasteiger partial charge in [-0.2, -0.15) is 0 Å². The molecular formula is C14H20FN. The molecule has 1 saturated carbocycles. The monoisotopic (exact) mass is 221 g/mol. The van der Waals surface area contributed by atoms with Crippen LogP contribution in [-0.4, -0.2) is 12.6 Å². The maximum absolute atomic E-state index is 13.0. The third kappa shape index (κ3) is 3.05. The zero-order valence-corrected chi connectivity index (χ0v) is 10.1. The second kappa shape index (κ2) is 4.96. The molecule has 0 bridgehead atoms. The maximum Gasteiger partial charge on any atom is 0.123 e. The quantitative estimate of drug-likeness (QED) is 0.803. The lowest BCUT2D eigenvalue weighted by Gasteiger charge is -2.15. The second-order valence-corrected chi connectivity index (χ2v) is 4.92. The molecule has 1 aromatic rings. The summed E-state index contributed by atoms with van der Waals surface area (Å²) in [6.07, 6.45) is 3.80. The molecule has 1 nitrogen and oxygen atoms in total. The van der Waals surface area contributed by atoms with Gasteiger partial charge >= 0.3 is 0 Å². The van der Waals surface area contributed by atoms with Crippen molar-refractivity contribution < 1.29 is 4.39 Å². The number of rotatable bonds is 5. The van der Waals surface area contributed by atoms with Gasteiger partial charge in [-0.05, 0) is 61.9 Å². The van der Waals surface area contributed by atoms with Gasteiger partial charge in [-0.25, -0.2) is 4.39 Å². The topological polar surface area (TPSA) is 12.0 Å². The van der Waals surface area contributed by atoms with Crippen LogP contribution in [-0.2, 0) is 0 Å². The van der Waals surface area contributed by atoms with E-state index in [1.54, 1.807) is 12.1 Å². The van der Waals surface area contributed by atoms with Gasteiger partial charge in [-0.1, -0.05) is 13.0 Å². The first-order valence-corrected chi connectivity index (χ1v) is 6.16. The molecule has 16 heavy (non-hydrogen) atoms. The lowest BCUT2D eigenvalue weighted by atomic mass is 9.94. The molecule has 0 spiro atoms. The second-order valence-electron chi connectivity index (χ2n) is 4.92. The van der Waals surface area contributed by atoms with Gasteiger partial charge in [0, 0.05) is 6.04 Å². The minimum Gasteiger partial charge on any atom is -0.314 e. The highest BCUT2D eigenvalue weighted by Crippen LogP contribution is 2.24. The van der Waals surface area contributed by atoms with Gasteiger partial charge in [0.25, 0.3) is 0 Å². The molecule has 0 radical (unpaired) electrons. The van der Waals surface area contributed by atoms with Crippen molar-refractivity contribution in [1.29, 1.82) is 0 Å². The lowest BCUT2D eigenvalue weighted by molar-refractivity contribution is 0.586. The number of hydrogen-bond donors (Lipinski definition) is 1. The zero-order chi connectivity index (χ0) is 11.5. The standard InChI is InChI=1S/C14H20FN/c1-10(7-8-16-13-4-5-13)14-6-3-12(15)9-11(14)2/h3,6,9-10,13,16H,4-5,7-8H2,1-2H3. The van der Waals surface area contributed by atoms with Gasteiger partial charge in [0.2, 0.25) is 0 Å². The van der Waals surface area contributed by atoms with Crippen molar-refractivity contribution in [3.63, 3.8) is 0 Å². The summed E-state index contributed by atoms with van der Waals surface area (Å²) < 4.78 is 13.0. The molecule has 0 heterocycles. The summed E-state index contributed by atoms with van der Waals surface area (Å²) in [4.78, 5) is 0. The molecule has 1 N–H and O–H groups in total. The van der Waals surface area contributed by atoms with E-state index in [4.69, 9.17) is 0 Å². The first-order chi connectivity index (χ1) is 7.66. The van der Waals surface area contributed by atoms with E-state index in [2.05, 4.69) is 12.2 Å². The first-order valence-electron chi connectivity index (χ1n) is 6.16. The molecule has 2 heteroatoms. The summed E-state index contributed by atoms with van der Waals surface area (Å²) in [7, 11) is 0. The van der Waals surface area contributed by atoms with Crippen molar-refractivity contribution in [3.8, 4) is 0 Å². The number of hydrogen-bond acceptors (Lipinski definition) is 1.